The fraction of sp³-hybridized carbons (Fsp3) is 0.522. The van der Waals surface area contributed by atoms with Gasteiger partial charge in [0.05, 0.1) is 5.69 Å². The Hall–Kier alpha value is -2.58. The van der Waals surface area contributed by atoms with Gasteiger partial charge in [0, 0.05) is 47.2 Å². The highest BCUT2D eigenvalue weighted by atomic mass is 19.1. The van der Waals surface area contributed by atoms with E-state index in [1.165, 1.54) is 28.5 Å². The molecule has 0 spiro atoms. The Kier molecular flexibility index (Phi) is 4.24. The average Bonchev–Trinajstić information content (AvgIpc) is 3.22. The number of likely N-dealkylation sites (tertiary alicyclic amines) is 1. The van der Waals surface area contributed by atoms with Crippen molar-refractivity contribution >= 4 is 11.0 Å². The standard InChI is InChI=1S/C23H27FN4O3/c1-14-17(23(30)28-9-2-3-19(29)22(28)25-14)8-12-27-10-6-15(7-11-27)21-18-5-4-16(24)13-20(18)31-26-21/h4-5,13,15,19,29H,2-3,6-12H2,1H3/t19-/m0/s1/i8D2,12D2. The molecule has 7 nitrogen and oxygen atoms in total. The minimum atomic E-state index is -2.64. The number of aliphatic hydroxyl groups is 1. The molecule has 1 fully saturated rings. The molecule has 4 heterocycles. The maximum atomic E-state index is 13.5. The number of benzene rings is 1. The molecule has 2 aliphatic heterocycles. The highest BCUT2D eigenvalue weighted by Crippen LogP contribution is 2.32. The van der Waals surface area contributed by atoms with E-state index < -0.39 is 30.4 Å². The third-order valence-electron chi connectivity index (χ3n) is 6.22. The van der Waals surface area contributed by atoms with Crippen LogP contribution in [-0.2, 0) is 12.9 Å². The van der Waals surface area contributed by atoms with Gasteiger partial charge in [0.2, 0.25) is 0 Å². The zero-order valence-corrected chi connectivity index (χ0v) is 17.3. The number of hydrogen-bond acceptors (Lipinski definition) is 6. The van der Waals surface area contributed by atoms with Crippen molar-refractivity contribution in [2.75, 3.05) is 19.6 Å². The molecule has 0 saturated carbocycles. The van der Waals surface area contributed by atoms with Crippen molar-refractivity contribution in [3.05, 3.63) is 57.1 Å². The Morgan fingerprint density at radius 2 is 2.10 bits per heavy atom. The van der Waals surface area contributed by atoms with Gasteiger partial charge in [-0.2, -0.15) is 0 Å². The van der Waals surface area contributed by atoms with Crippen molar-refractivity contribution in [2.45, 2.75) is 57.5 Å². The molecule has 2 aromatic heterocycles. The van der Waals surface area contributed by atoms with Gasteiger partial charge in [-0.3, -0.25) is 9.36 Å². The van der Waals surface area contributed by atoms with Gasteiger partial charge in [0.1, 0.15) is 17.7 Å². The quantitative estimate of drug-likeness (QED) is 0.685. The summed E-state index contributed by atoms with van der Waals surface area (Å²) in [5.41, 5.74) is 0.181. The highest BCUT2D eigenvalue weighted by molar-refractivity contribution is 5.79. The van der Waals surface area contributed by atoms with E-state index in [1.807, 2.05) is 0 Å². The second-order valence-corrected chi connectivity index (χ2v) is 8.25. The molecule has 5 rings (SSSR count). The third-order valence-corrected chi connectivity index (χ3v) is 6.22. The van der Waals surface area contributed by atoms with Gasteiger partial charge < -0.3 is 14.5 Å². The highest BCUT2D eigenvalue weighted by Gasteiger charge is 2.26. The van der Waals surface area contributed by atoms with Crippen molar-refractivity contribution in [1.29, 1.82) is 0 Å². The minimum absolute atomic E-state index is 0.0427. The Morgan fingerprint density at radius 3 is 2.90 bits per heavy atom. The summed E-state index contributed by atoms with van der Waals surface area (Å²) in [6.07, 6.45) is -1.50. The summed E-state index contributed by atoms with van der Waals surface area (Å²) in [6, 6.07) is 4.25. The van der Waals surface area contributed by atoms with Crippen LogP contribution >= 0.6 is 0 Å². The molecular weight excluding hydrogens is 399 g/mol. The molecular formula is C23H27FN4O3. The van der Waals surface area contributed by atoms with Crippen molar-refractivity contribution < 1.29 is 19.5 Å². The molecule has 1 saturated heterocycles. The molecule has 1 atom stereocenters. The first-order valence-electron chi connectivity index (χ1n) is 12.6. The number of fused-ring (bicyclic) bond motifs is 2. The Bertz CT molecular complexity index is 1330. The van der Waals surface area contributed by atoms with E-state index in [1.54, 1.807) is 6.07 Å². The van der Waals surface area contributed by atoms with Gasteiger partial charge in [-0.05, 0) is 64.2 Å². The van der Waals surface area contributed by atoms with Crippen LogP contribution in [0.15, 0.2) is 27.5 Å². The van der Waals surface area contributed by atoms with Crippen LogP contribution in [0.25, 0.3) is 11.0 Å². The summed E-state index contributed by atoms with van der Waals surface area (Å²) in [5.74, 6) is -0.249. The summed E-state index contributed by atoms with van der Waals surface area (Å²) in [5, 5.41) is 15.1. The zero-order chi connectivity index (χ0) is 25.1. The molecule has 0 amide bonds. The molecule has 2 aliphatic rings. The predicted molar refractivity (Wildman–Crippen MR) is 114 cm³/mol. The van der Waals surface area contributed by atoms with Crippen molar-refractivity contribution in [1.82, 2.24) is 19.6 Å². The fourth-order valence-corrected chi connectivity index (χ4v) is 4.49. The number of aromatic nitrogens is 3. The largest absolute Gasteiger partial charge is 0.385 e. The van der Waals surface area contributed by atoms with Crippen molar-refractivity contribution in [3.63, 3.8) is 0 Å². The zero-order valence-electron chi connectivity index (χ0n) is 21.3. The Balaban J connectivity index is 1.40. The predicted octanol–water partition coefficient (Wildman–Crippen LogP) is 3.08. The first-order valence-corrected chi connectivity index (χ1v) is 10.6. The van der Waals surface area contributed by atoms with E-state index in [4.69, 9.17) is 10.0 Å². The van der Waals surface area contributed by atoms with Crippen LogP contribution in [-0.4, -0.2) is 44.3 Å². The van der Waals surface area contributed by atoms with Crippen LogP contribution in [0.4, 0.5) is 4.39 Å². The summed E-state index contributed by atoms with van der Waals surface area (Å²) in [7, 11) is 0. The number of hydrogen-bond donors (Lipinski definition) is 1. The first kappa shape index (κ1) is 16.1. The summed E-state index contributed by atoms with van der Waals surface area (Å²) in [6.45, 7) is -0.210. The number of piperidine rings is 1. The number of nitrogens with zero attached hydrogens (tertiary/aromatic N) is 4. The SMILES string of the molecule is [2H]C([2H])(c1c(C)nc2n(c1=O)CCC[C@@H]2O)C([2H])([2H])N1CCC(c2noc3cc(F)ccc23)CC1. The van der Waals surface area contributed by atoms with Crippen LogP contribution in [0.2, 0.25) is 0 Å². The van der Waals surface area contributed by atoms with Gasteiger partial charge in [-0.15, -0.1) is 0 Å². The normalized spacial score (nSPS) is 23.1. The molecule has 1 N–H and O–H groups in total. The maximum absolute atomic E-state index is 13.5. The van der Waals surface area contributed by atoms with Crippen molar-refractivity contribution in [3.8, 4) is 0 Å². The van der Waals surface area contributed by atoms with Crippen LogP contribution in [0.1, 0.15) is 66.0 Å². The molecule has 8 heteroatoms. The van der Waals surface area contributed by atoms with Crippen LogP contribution in [0, 0.1) is 12.7 Å². The van der Waals surface area contributed by atoms with Crippen molar-refractivity contribution in [2.24, 2.45) is 0 Å². The van der Waals surface area contributed by atoms with Gasteiger partial charge in [-0.1, -0.05) is 5.16 Å². The van der Waals surface area contributed by atoms with Gasteiger partial charge >= 0.3 is 0 Å². The second-order valence-electron chi connectivity index (χ2n) is 8.25. The lowest BCUT2D eigenvalue weighted by molar-refractivity contribution is 0.129. The van der Waals surface area contributed by atoms with E-state index in [2.05, 4.69) is 10.1 Å². The second kappa shape index (κ2) is 8.16. The van der Waals surface area contributed by atoms with Gasteiger partial charge in [0.25, 0.3) is 5.56 Å². The smallest absolute Gasteiger partial charge is 0.257 e. The number of rotatable bonds is 4. The number of aliphatic hydroxyl groups excluding tert-OH is 1. The monoisotopic (exact) mass is 430 g/mol. The summed E-state index contributed by atoms with van der Waals surface area (Å²) < 4.78 is 55.0. The summed E-state index contributed by atoms with van der Waals surface area (Å²) in [4.78, 5) is 19.0. The number of halogens is 1. The molecule has 0 radical (unpaired) electrons. The minimum Gasteiger partial charge on any atom is -0.385 e. The Labute approximate surface area is 185 Å². The summed E-state index contributed by atoms with van der Waals surface area (Å²) >= 11 is 0. The molecule has 0 unspecified atom stereocenters. The lowest BCUT2D eigenvalue weighted by Crippen LogP contribution is -2.37. The molecule has 31 heavy (non-hydrogen) atoms. The van der Waals surface area contributed by atoms with Gasteiger partial charge in [0.15, 0.2) is 5.58 Å². The molecule has 3 aromatic rings. The molecule has 1 aromatic carbocycles. The van der Waals surface area contributed by atoms with E-state index in [0.29, 0.717) is 48.9 Å². The first-order chi connectivity index (χ1) is 16.5. The lowest BCUT2D eigenvalue weighted by atomic mass is 9.91. The molecule has 0 aliphatic carbocycles. The van der Waals surface area contributed by atoms with Crippen LogP contribution in [0.5, 0.6) is 0 Å². The lowest BCUT2D eigenvalue weighted by Gasteiger charge is -2.31. The van der Waals surface area contributed by atoms with Crippen LogP contribution in [0.3, 0.4) is 0 Å². The van der Waals surface area contributed by atoms with E-state index in [0.717, 1.165) is 0 Å². The van der Waals surface area contributed by atoms with Crippen LogP contribution < -0.4 is 5.56 Å². The van der Waals surface area contributed by atoms with E-state index in [9.17, 15) is 14.3 Å². The maximum Gasteiger partial charge on any atom is 0.257 e. The fourth-order valence-electron chi connectivity index (χ4n) is 4.49. The van der Waals surface area contributed by atoms with Gasteiger partial charge in [-0.25, -0.2) is 9.37 Å². The van der Waals surface area contributed by atoms with E-state index >= 15 is 0 Å². The topological polar surface area (TPSA) is 84.4 Å². The molecule has 0 bridgehead atoms. The average molecular weight is 431 g/mol. The molecule has 164 valence electrons. The van der Waals surface area contributed by atoms with E-state index in [-0.39, 0.29) is 36.1 Å². The number of aryl methyl sites for hydroxylation is 1. The Morgan fingerprint density at radius 1 is 1.29 bits per heavy atom. The third kappa shape index (κ3) is 3.78.